The summed E-state index contributed by atoms with van der Waals surface area (Å²) >= 11 is 1.33. The van der Waals surface area contributed by atoms with Crippen LogP contribution in [0, 0.1) is 0 Å². The first-order valence-electron chi connectivity index (χ1n) is 9.07. The molecule has 2 aromatic rings. The molecule has 0 aliphatic carbocycles. The van der Waals surface area contributed by atoms with Crippen LogP contribution in [-0.4, -0.2) is 22.7 Å². The number of esters is 1. The molecule has 1 N–H and O–H groups in total. The lowest BCUT2D eigenvalue weighted by molar-refractivity contribution is -0.142. The monoisotopic (exact) mass is 391 g/mol. The van der Waals surface area contributed by atoms with Gasteiger partial charge in [0.25, 0.3) is 5.19 Å². The van der Waals surface area contributed by atoms with E-state index in [2.05, 4.69) is 46.5 Å². The summed E-state index contributed by atoms with van der Waals surface area (Å²) in [5, 5.41) is 13.0. The number of aromatic nitrogens is 1. The van der Waals surface area contributed by atoms with Crippen molar-refractivity contribution in [3.63, 3.8) is 0 Å². The number of hydrogen-bond acceptors (Lipinski definition) is 6. The third-order valence-electron chi connectivity index (χ3n) is 4.07. The Morgan fingerprint density at radius 3 is 2.15 bits per heavy atom. The van der Waals surface area contributed by atoms with E-state index in [1.807, 2.05) is 12.1 Å². The largest absolute Gasteiger partial charge is 0.507 e. The highest BCUT2D eigenvalue weighted by Gasteiger charge is 2.27. The fraction of sp³-hybridized carbons (Fsp3) is 0.524. The highest BCUT2D eigenvalue weighted by Crippen LogP contribution is 2.42. The van der Waals surface area contributed by atoms with Crippen LogP contribution in [0.15, 0.2) is 17.5 Å². The molecule has 0 radical (unpaired) electrons. The van der Waals surface area contributed by atoms with Gasteiger partial charge in [-0.1, -0.05) is 52.9 Å². The molecule has 148 valence electrons. The van der Waals surface area contributed by atoms with Gasteiger partial charge in [-0.2, -0.15) is 0 Å². The van der Waals surface area contributed by atoms with E-state index in [4.69, 9.17) is 9.47 Å². The summed E-state index contributed by atoms with van der Waals surface area (Å²) in [4.78, 5) is 16.0. The average Bonchev–Trinajstić information content (AvgIpc) is 2.93. The van der Waals surface area contributed by atoms with Crippen LogP contribution < -0.4 is 4.74 Å². The maximum Gasteiger partial charge on any atom is 0.311 e. The molecule has 0 fully saturated rings. The zero-order chi connectivity index (χ0) is 20.4. The summed E-state index contributed by atoms with van der Waals surface area (Å²) in [5.41, 5.74) is 1.81. The Hall–Kier alpha value is -2.08. The Morgan fingerprint density at radius 2 is 1.67 bits per heavy atom. The number of hydrogen-bond donors (Lipinski definition) is 1. The highest BCUT2D eigenvalue weighted by atomic mass is 32.1. The third-order valence-corrected chi connectivity index (χ3v) is 4.83. The van der Waals surface area contributed by atoms with Crippen molar-refractivity contribution in [2.24, 2.45) is 0 Å². The number of phenolic OH excluding ortho intramolecular Hbond substituents is 1. The van der Waals surface area contributed by atoms with E-state index >= 15 is 0 Å². The Balaban J connectivity index is 2.34. The third kappa shape index (κ3) is 5.45. The number of nitrogens with zero attached hydrogens (tertiary/aromatic N) is 1. The lowest BCUT2D eigenvalue weighted by Crippen LogP contribution is -2.17. The van der Waals surface area contributed by atoms with Gasteiger partial charge in [0.2, 0.25) is 0 Å². The van der Waals surface area contributed by atoms with Crippen molar-refractivity contribution >= 4 is 17.3 Å². The Labute approximate surface area is 165 Å². The van der Waals surface area contributed by atoms with Gasteiger partial charge in [0, 0.05) is 16.5 Å². The number of thiazole rings is 1. The highest BCUT2D eigenvalue weighted by molar-refractivity contribution is 7.11. The quantitative estimate of drug-likeness (QED) is 0.697. The number of benzene rings is 1. The zero-order valence-electron chi connectivity index (χ0n) is 17.2. The predicted octanol–water partition coefficient (Wildman–Crippen LogP) is 5.34. The van der Waals surface area contributed by atoms with Crippen molar-refractivity contribution in [2.45, 2.75) is 65.7 Å². The number of ether oxygens (including phenoxy) is 2. The van der Waals surface area contributed by atoms with Crippen molar-refractivity contribution < 1.29 is 19.4 Å². The normalized spacial score (nSPS) is 12.1. The van der Waals surface area contributed by atoms with Crippen molar-refractivity contribution in [1.29, 1.82) is 0 Å². The van der Waals surface area contributed by atoms with E-state index in [0.29, 0.717) is 29.0 Å². The van der Waals surface area contributed by atoms with Gasteiger partial charge in [-0.25, -0.2) is 4.98 Å². The van der Waals surface area contributed by atoms with Crippen molar-refractivity contribution in [2.75, 3.05) is 6.61 Å². The van der Waals surface area contributed by atoms with Crippen LogP contribution in [0.3, 0.4) is 0 Å². The molecule has 0 aliphatic rings. The van der Waals surface area contributed by atoms with Crippen LogP contribution in [0.1, 0.15) is 65.3 Å². The number of phenols is 1. The van der Waals surface area contributed by atoms with Gasteiger partial charge >= 0.3 is 5.97 Å². The molecule has 27 heavy (non-hydrogen) atoms. The molecule has 0 atom stereocenters. The Kier molecular flexibility index (Phi) is 6.20. The number of carbonyl (C=O) groups is 1. The van der Waals surface area contributed by atoms with Crippen LogP contribution in [0.4, 0.5) is 0 Å². The molecule has 0 unspecified atom stereocenters. The summed E-state index contributed by atoms with van der Waals surface area (Å²) in [6, 6.07) is 3.72. The molecule has 1 heterocycles. The van der Waals surface area contributed by atoms with Gasteiger partial charge in [-0.05, 0) is 29.9 Å². The van der Waals surface area contributed by atoms with Crippen LogP contribution in [0.25, 0.3) is 0 Å². The lowest BCUT2D eigenvalue weighted by Gasteiger charge is -2.27. The molecule has 5 nitrogen and oxygen atoms in total. The van der Waals surface area contributed by atoms with Gasteiger partial charge in [-0.15, -0.1) is 0 Å². The first-order valence-corrected chi connectivity index (χ1v) is 9.95. The van der Waals surface area contributed by atoms with Crippen molar-refractivity contribution in [1.82, 2.24) is 4.98 Å². The maximum absolute atomic E-state index is 11.6. The summed E-state index contributed by atoms with van der Waals surface area (Å²) < 4.78 is 10.9. The Bertz CT molecular complexity index is 777. The molecule has 0 saturated heterocycles. The average molecular weight is 392 g/mol. The van der Waals surface area contributed by atoms with E-state index in [1.54, 1.807) is 12.3 Å². The second kappa shape index (κ2) is 7.89. The van der Waals surface area contributed by atoms with Gasteiger partial charge in [0.05, 0.1) is 18.7 Å². The predicted molar refractivity (Wildman–Crippen MR) is 108 cm³/mol. The van der Waals surface area contributed by atoms with Gasteiger partial charge in [0.15, 0.2) is 0 Å². The molecular weight excluding hydrogens is 362 g/mol. The van der Waals surface area contributed by atoms with E-state index in [9.17, 15) is 9.90 Å². The molecule has 6 heteroatoms. The summed E-state index contributed by atoms with van der Waals surface area (Å²) in [6.07, 6.45) is 0.129. The molecule has 1 aromatic heterocycles. The first kappa shape index (κ1) is 21.2. The minimum absolute atomic E-state index is 0.129. The minimum Gasteiger partial charge on any atom is -0.507 e. The summed E-state index contributed by atoms with van der Waals surface area (Å²) in [7, 11) is 0. The van der Waals surface area contributed by atoms with E-state index < -0.39 is 0 Å². The second-order valence-electron chi connectivity index (χ2n) is 8.56. The zero-order valence-corrected chi connectivity index (χ0v) is 18.0. The smallest absolute Gasteiger partial charge is 0.311 e. The number of aromatic hydroxyl groups is 1. The van der Waals surface area contributed by atoms with E-state index in [-0.39, 0.29) is 23.2 Å². The van der Waals surface area contributed by atoms with Crippen LogP contribution in [0.2, 0.25) is 0 Å². The first-order chi connectivity index (χ1) is 12.4. The molecule has 2 rings (SSSR count). The van der Waals surface area contributed by atoms with Gasteiger partial charge in [0.1, 0.15) is 11.5 Å². The van der Waals surface area contributed by atoms with E-state index in [1.165, 1.54) is 11.3 Å². The van der Waals surface area contributed by atoms with Gasteiger partial charge < -0.3 is 14.6 Å². The van der Waals surface area contributed by atoms with Crippen molar-refractivity contribution in [3.05, 3.63) is 34.3 Å². The van der Waals surface area contributed by atoms with E-state index in [0.717, 1.165) is 11.1 Å². The molecule has 0 spiro atoms. The van der Waals surface area contributed by atoms with Crippen LogP contribution in [-0.2, 0) is 26.8 Å². The van der Waals surface area contributed by atoms with Crippen LogP contribution in [0.5, 0.6) is 16.7 Å². The molecule has 0 saturated carbocycles. The fourth-order valence-electron chi connectivity index (χ4n) is 2.69. The SMILES string of the molecule is CCOC(=O)Cc1csc(Oc2cc(C(C)(C)C)c(O)c(C(C)(C)C)c2)n1. The topological polar surface area (TPSA) is 68.7 Å². The molecule has 0 aliphatic heterocycles. The standard InChI is InChI=1S/C21H29NO4S/c1-8-25-17(23)9-13-12-27-19(22-13)26-14-10-15(20(2,3)4)18(24)16(11-14)21(5,6)7/h10-12,24H,8-9H2,1-7H3. The molecular formula is C21H29NO4S. The minimum atomic E-state index is -0.302. The second-order valence-corrected chi connectivity index (χ2v) is 9.38. The molecule has 0 bridgehead atoms. The summed E-state index contributed by atoms with van der Waals surface area (Å²) in [6.45, 7) is 14.5. The molecule has 1 aromatic carbocycles. The van der Waals surface area contributed by atoms with Crippen LogP contribution >= 0.6 is 11.3 Å². The van der Waals surface area contributed by atoms with Crippen molar-refractivity contribution in [3.8, 4) is 16.7 Å². The molecule has 0 amide bonds. The number of rotatable bonds is 5. The lowest BCUT2D eigenvalue weighted by atomic mass is 9.79. The van der Waals surface area contributed by atoms with Gasteiger partial charge in [-0.3, -0.25) is 4.79 Å². The maximum atomic E-state index is 11.6. The summed E-state index contributed by atoms with van der Waals surface area (Å²) in [5.74, 6) is 0.633. The number of carbonyl (C=O) groups excluding carboxylic acids is 1. The fourth-order valence-corrected chi connectivity index (χ4v) is 3.37. The Morgan fingerprint density at radius 1 is 1.11 bits per heavy atom.